The second-order valence-corrected chi connectivity index (χ2v) is 12.1. The van der Waals surface area contributed by atoms with Crippen molar-refractivity contribution in [2.75, 3.05) is 13.7 Å². The largest absolute Gasteiger partial charge is 0.463 e. The van der Waals surface area contributed by atoms with E-state index in [-0.39, 0.29) is 42.1 Å². The number of amides is 1. The molecular weight excluding hydrogens is 572 g/mol. The summed E-state index contributed by atoms with van der Waals surface area (Å²) in [5.41, 5.74) is 2.90. The molecule has 14 nitrogen and oxygen atoms in total. The monoisotopic (exact) mass is 616 g/mol. The lowest BCUT2D eigenvalue weighted by Crippen LogP contribution is -2.47. The number of ether oxygens (including phenoxy) is 4. The third-order valence-corrected chi connectivity index (χ3v) is 8.25. The quantitative estimate of drug-likeness (QED) is 0.130. The molecule has 3 rings (SSSR count). The number of hydrogen-bond donors (Lipinski definition) is 5. The Morgan fingerprint density at radius 3 is 2.59 bits per heavy atom. The van der Waals surface area contributed by atoms with Gasteiger partial charge in [0.1, 0.15) is 42.9 Å². The number of aliphatic imine (C=N–C) groups is 1. The van der Waals surface area contributed by atoms with Gasteiger partial charge in [0.25, 0.3) is 5.91 Å². The van der Waals surface area contributed by atoms with Crippen LogP contribution in [0.15, 0.2) is 17.1 Å². The number of amidine groups is 1. The van der Waals surface area contributed by atoms with Crippen LogP contribution in [-0.4, -0.2) is 83.8 Å². The van der Waals surface area contributed by atoms with E-state index in [9.17, 15) is 24.8 Å². The van der Waals surface area contributed by atoms with Crippen molar-refractivity contribution >= 4 is 30.0 Å². The average molecular weight is 617 g/mol. The number of aromatic amines is 1. The van der Waals surface area contributed by atoms with Gasteiger partial charge >= 0.3 is 11.9 Å². The third kappa shape index (κ3) is 7.89. The first-order valence-corrected chi connectivity index (χ1v) is 14.8. The molecule has 1 aliphatic carbocycles. The lowest BCUT2D eigenvalue weighted by molar-refractivity contribution is -0.162. The Balaban J connectivity index is 1.89. The molecule has 0 bridgehead atoms. The van der Waals surface area contributed by atoms with Crippen molar-refractivity contribution in [1.82, 2.24) is 10.3 Å². The van der Waals surface area contributed by atoms with Crippen LogP contribution in [0.1, 0.15) is 77.6 Å². The standard InChI is InChI=1S/C30H44N6O8/c1-17(2)23(33)27(39)43-24-20(14-42-22(37)13-18-9-7-6-8-10-18)44-30(15-31,25(24)38)21-12-11-19(35-21)26(34-16-32)36-28(40)29(3,4)41-5/h11-12,16-18,20,23-25,35,38H,6-10,13-14,33H2,1-5H3,(H2,32,34,36,40)/t20-,23-,24-,25-,30+/m1/s1. The number of nitrogens with two attached hydrogens (primary N) is 1. The predicted octanol–water partition coefficient (Wildman–Crippen LogP) is 1.80. The molecule has 6 N–H and O–H groups in total. The summed E-state index contributed by atoms with van der Waals surface area (Å²) < 4.78 is 22.4. The van der Waals surface area contributed by atoms with Gasteiger partial charge in [-0.2, -0.15) is 5.26 Å². The van der Waals surface area contributed by atoms with E-state index in [1.54, 1.807) is 27.7 Å². The van der Waals surface area contributed by atoms with E-state index in [0.29, 0.717) is 0 Å². The van der Waals surface area contributed by atoms with Crippen LogP contribution in [0.25, 0.3) is 0 Å². The van der Waals surface area contributed by atoms with Crippen LogP contribution in [0.4, 0.5) is 0 Å². The predicted molar refractivity (Wildman–Crippen MR) is 158 cm³/mol. The van der Waals surface area contributed by atoms with Crippen LogP contribution in [-0.2, 0) is 38.9 Å². The van der Waals surface area contributed by atoms with Crippen molar-refractivity contribution in [1.29, 1.82) is 10.7 Å². The molecule has 5 atom stereocenters. The molecule has 1 saturated carbocycles. The number of methoxy groups -OCH3 is 1. The van der Waals surface area contributed by atoms with Crippen molar-refractivity contribution in [3.63, 3.8) is 0 Å². The van der Waals surface area contributed by atoms with Crippen molar-refractivity contribution in [2.45, 2.75) is 102 Å². The van der Waals surface area contributed by atoms with E-state index < -0.39 is 53.4 Å². The molecule has 2 fully saturated rings. The smallest absolute Gasteiger partial charge is 0.323 e. The summed E-state index contributed by atoms with van der Waals surface area (Å²) >= 11 is 0. The second kappa shape index (κ2) is 14.9. The maximum absolute atomic E-state index is 12.8. The molecule has 0 unspecified atom stereocenters. The first-order valence-electron chi connectivity index (χ1n) is 14.8. The van der Waals surface area contributed by atoms with Gasteiger partial charge in [-0.25, -0.2) is 4.99 Å². The number of carbonyl (C=O) groups excluding carboxylic acids is 3. The first kappa shape index (κ1) is 34.8. The fraction of sp³-hybridized carbons (Fsp3) is 0.667. The summed E-state index contributed by atoms with van der Waals surface area (Å²) in [6.07, 6.45) is 1.79. The number of esters is 2. The molecule has 242 valence electrons. The van der Waals surface area contributed by atoms with Crippen LogP contribution in [0.5, 0.6) is 0 Å². The minimum Gasteiger partial charge on any atom is -0.463 e. The van der Waals surface area contributed by atoms with Gasteiger partial charge in [0.15, 0.2) is 11.9 Å². The number of aromatic nitrogens is 1. The number of aliphatic hydroxyl groups is 1. The second-order valence-electron chi connectivity index (χ2n) is 12.1. The Hall–Kier alpha value is -3.64. The van der Waals surface area contributed by atoms with Gasteiger partial charge < -0.3 is 40.1 Å². The Bertz CT molecular complexity index is 1260. The molecule has 44 heavy (non-hydrogen) atoms. The highest BCUT2D eigenvalue weighted by atomic mass is 16.6. The van der Waals surface area contributed by atoms with Gasteiger partial charge in [-0.1, -0.05) is 33.1 Å². The molecule has 1 aromatic rings. The van der Waals surface area contributed by atoms with Crippen molar-refractivity contribution in [2.24, 2.45) is 22.6 Å². The number of carbonyl (C=O) groups is 3. The highest BCUT2D eigenvalue weighted by molar-refractivity contribution is 6.10. The molecule has 2 aliphatic rings. The minimum absolute atomic E-state index is 0.0469. The fourth-order valence-corrected chi connectivity index (χ4v) is 5.14. The molecule has 0 radical (unpaired) electrons. The van der Waals surface area contributed by atoms with E-state index in [0.717, 1.165) is 38.4 Å². The highest BCUT2D eigenvalue weighted by Crippen LogP contribution is 2.41. The van der Waals surface area contributed by atoms with Crippen molar-refractivity contribution in [3.8, 4) is 6.07 Å². The molecule has 1 saturated heterocycles. The summed E-state index contributed by atoms with van der Waals surface area (Å²) in [5, 5.41) is 31.8. The molecule has 2 heterocycles. The summed E-state index contributed by atoms with van der Waals surface area (Å²) in [5.74, 6) is -1.90. The van der Waals surface area contributed by atoms with Gasteiger partial charge in [0, 0.05) is 13.5 Å². The van der Waals surface area contributed by atoms with Crippen LogP contribution in [0, 0.1) is 28.6 Å². The number of H-pyrrole nitrogens is 1. The SMILES string of the molecule is COC(C)(C)C(=O)NC(=NC=N)c1ccc([C@]2(C#N)O[C@H](COC(=O)CC3CCCCC3)[C@@H](OC(=O)[C@H](N)C(C)C)[C@H]2O)[nH]1. The number of rotatable bonds is 12. The molecule has 1 aromatic heterocycles. The van der Waals surface area contributed by atoms with E-state index in [1.165, 1.54) is 19.2 Å². The van der Waals surface area contributed by atoms with E-state index >= 15 is 0 Å². The normalized spacial score (nSPS) is 25.2. The number of hydrogen-bond acceptors (Lipinski definition) is 11. The maximum Gasteiger partial charge on any atom is 0.323 e. The van der Waals surface area contributed by atoms with E-state index in [2.05, 4.69) is 15.3 Å². The van der Waals surface area contributed by atoms with Gasteiger partial charge in [-0.05, 0) is 50.7 Å². The van der Waals surface area contributed by atoms with Crippen LogP contribution < -0.4 is 11.1 Å². The van der Waals surface area contributed by atoms with E-state index in [1.807, 2.05) is 6.07 Å². The topological polar surface area (TPSA) is 222 Å². The summed E-state index contributed by atoms with van der Waals surface area (Å²) in [4.78, 5) is 45.1. The zero-order valence-corrected chi connectivity index (χ0v) is 25.9. The third-order valence-electron chi connectivity index (χ3n) is 8.25. The number of aliphatic hydroxyl groups excluding tert-OH is 1. The van der Waals surface area contributed by atoms with Crippen molar-refractivity contribution < 1.29 is 38.4 Å². The molecule has 0 spiro atoms. The lowest BCUT2D eigenvalue weighted by Gasteiger charge is -2.25. The molecule has 0 aromatic carbocycles. The molecular formula is C30H44N6O8. The molecule has 1 amide bonds. The fourth-order valence-electron chi connectivity index (χ4n) is 5.14. The van der Waals surface area contributed by atoms with Gasteiger partial charge in [-0.3, -0.25) is 19.8 Å². The number of nitrogens with zero attached hydrogens (tertiary/aromatic N) is 2. The Morgan fingerprint density at radius 1 is 1.32 bits per heavy atom. The van der Waals surface area contributed by atoms with Gasteiger partial charge in [0.2, 0.25) is 5.60 Å². The Morgan fingerprint density at radius 2 is 2.00 bits per heavy atom. The van der Waals surface area contributed by atoms with E-state index in [4.69, 9.17) is 30.1 Å². The van der Waals surface area contributed by atoms with Crippen LogP contribution in [0.2, 0.25) is 0 Å². The van der Waals surface area contributed by atoms with Crippen LogP contribution >= 0.6 is 0 Å². The Labute approximate surface area is 257 Å². The molecule has 1 aliphatic heterocycles. The molecule has 14 heteroatoms. The zero-order chi connectivity index (χ0) is 32.7. The highest BCUT2D eigenvalue weighted by Gasteiger charge is 2.59. The summed E-state index contributed by atoms with van der Waals surface area (Å²) in [6, 6.07) is 3.88. The van der Waals surface area contributed by atoms with Gasteiger partial charge in [0.05, 0.1) is 11.4 Å². The minimum atomic E-state index is -2.10. The number of nitriles is 1. The number of nitrogens with one attached hydrogen (secondary N) is 3. The Kier molecular flexibility index (Phi) is 11.8. The summed E-state index contributed by atoms with van der Waals surface area (Å²) in [7, 11) is 1.37. The summed E-state index contributed by atoms with van der Waals surface area (Å²) in [6.45, 7) is 6.19. The zero-order valence-electron chi connectivity index (χ0n) is 25.9. The van der Waals surface area contributed by atoms with Crippen LogP contribution in [0.3, 0.4) is 0 Å². The van der Waals surface area contributed by atoms with Crippen molar-refractivity contribution in [3.05, 3.63) is 23.5 Å². The lowest BCUT2D eigenvalue weighted by atomic mass is 9.87. The maximum atomic E-state index is 12.8. The first-order chi connectivity index (χ1) is 20.8. The average Bonchev–Trinajstić information content (AvgIpc) is 3.59. The van der Waals surface area contributed by atoms with Gasteiger partial charge in [-0.15, -0.1) is 0 Å².